The molecule has 2 saturated heterocycles. The van der Waals surface area contributed by atoms with Crippen LogP contribution in [0.4, 0.5) is 10.6 Å². The number of fused-ring (bicyclic) bond motifs is 2. The summed E-state index contributed by atoms with van der Waals surface area (Å²) in [6.45, 7) is 11.1. The van der Waals surface area contributed by atoms with E-state index in [0.29, 0.717) is 32.6 Å². The van der Waals surface area contributed by atoms with Crippen LogP contribution in [0, 0.1) is 6.92 Å². The summed E-state index contributed by atoms with van der Waals surface area (Å²) in [7, 11) is 0. The first-order chi connectivity index (χ1) is 19.3. The van der Waals surface area contributed by atoms with E-state index in [1.807, 2.05) is 43.9 Å². The fourth-order valence-electron chi connectivity index (χ4n) is 5.68. The molecule has 210 valence electrons. The largest absolute Gasteiger partial charge is 0.444 e. The third-order valence-corrected chi connectivity index (χ3v) is 7.74. The summed E-state index contributed by atoms with van der Waals surface area (Å²) in [5.74, 6) is 0.870. The van der Waals surface area contributed by atoms with Crippen molar-refractivity contribution in [2.75, 3.05) is 37.7 Å². The lowest BCUT2D eigenvalue weighted by Crippen LogP contribution is -2.50. The first kappa shape index (κ1) is 26.4. The highest BCUT2D eigenvalue weighted by molar-refractivity contribution is 5.91. The van der Waals surface area contributed by atoms with Crippen LogP contribution in [0.25, 0.3) is 21.8 Å². The maximum Gasteiger partial charge on any atom is 0.410 e. The van der Waals surface area contributed by atoms with Crippen molar-refractivity contribution in [2.45, 2.75) is 65.2 Å². The molecule has 1 aromatic carbocycles. The van der Waals surface area contributed by atoms with Gasteiger partial charge in [0.2, 0.25) is 0 Å². The molecule has 1 unspecified atom stereocenters. The summed E-state index contributed by atoms with van der Waals surface area (Å²) in [6.07, 6.45) is 9.03. The topological polar surface area (TPSA) is 98.5 Å². The Hall–Kier alpha value is -3.79. The van der Waals surface area contributed by atoms with Crippen molar-refractivity contribution in [1.29, 1.82) is 0 Å². The van der Waals surface area contributed by atoms with Crippen LogP contribution in [-0.2, 0) is 15.9 Å². The Morgan fingerprint density at radius 2 is 1.88 bits per heavy atom. The van der Waals surface area contributed by atoms with Gasteiger partial charge in [0.15, 0.2) is 6.23 Å². The second-order valence-electron chi connectivity index (χ2n) is 11.7. The number of benzene rings is 1. The zero-order chi connectivity index (χ0) is 27.9. The van der Waals surface area contributed by atoms with E-state index in [0.717, 1.165) is 59.2 Å². The van der Waals surface area contributed by atoms with Gasteiger partial charge in [-0.3, -0.25) is 4.98 Å². The Bertz CT molecular complexity index is 1530. The van der Waals surface area contributed by atoms with E-state index in [1.165, 1.54) is 11.1 Å². The van der Waals surface area contributed by atoms with Gasteiger partial charge in [-0.2, -0.15) is 5.10 Å². The second-order valence-corrected chi connectivity index (χ2v) is 11.7. The van der Waals surface area contributed by atoms with Gasteiger partial charge in [0.25, 0.3) is 0 Å². The van der Waals surface area contributed by atoms with Crippen LogP contribution in [0.1, 0.15) is 63.1 Å². The molecule has 0 radical (unpaired) electrons. The second kappa shape index (κ2) is 10.6. The molecular formula is C30H37N7O3. The number of pyridine rings is 1. The number of hydrogen-bond donors (Lipinski definition) is 0. The summed E-state index contributed by atoms with van der Waals surface area (Å²) in [6, 6.07) is 6.29. The molecule has 0 saturated carbocycles. The fourth-order valence-corrected chi connectivity index (χ4v) is 5.68. The van der Waals surface area contributed by atoms with Crippen LogP contribution in [0.3, 0.4) is 0 Å². The Morgan fingerprint density at radius 1 is 1.05 bits per heavy atom. The van der Waals surface area contributed by atoms with E-state index in [9.17, 15) is 4.79 Å². The van der Waals surface area contributed by atoms with Crippen molar-refractivity contribution in [2.24, 2.45) is 0 Å². The highest BCUT2D eigenvalue weighted by Crippen LogP contribution is 2.32. The number of anilines is 1. The highest BCUT2D eigenvalue weighted by Gasteiger charge is 2.27. The van der Waals surface area contributed by atoms with Gasteiger partial charge in [0, 0.05) is 56.2 Å². The van der Waals surface area contributed by atoms with E-state index >= 15 is 0 Å². The summed E-state index contributed by atoms with van der Waals surface area (Å²) in [5.41, 5.74) is 4.73. The zero-order valence-electron chi connectivity index (χ0n) is 23.8. The lowest BCUT2D eigenvalue weighted by molar-refractivity contribution is -0.0366. The standard InChI is InChI=1S/C30H37N7O3/c1-20-8-9-25-23(18-34-37(25)26-7-5-6-16-39-26)22(20)17-24-27-21(10-11-31-24)28(33-19-32-27)35-12-14-36(15-13-35)29(38)40-30(2,3)4/h8-11,18-19,26H,5-7,12-17H2,1-4H3. The number of nitrogens with zero attached hydrogens (tertiary/aromatic N) is 7. The predicted molar refractivity (Wildman–Crippen MR) is 153 cm³/mol. The number of aryl methyl sites for hydroxylation is 1. The van der Waals surface area contributed by atoms with Crippen molar-refractivity contribution in [3.8, 4) is 0 Å². The molecule has 5 heterocycles. The molecule has 40 heavy (non-hydrogen) atoms. The highest BCUT2D eigenvalue weighted by atomic mass is 16.6. The Morgan fingerprint density at radius 3 is 2.62 bits per heavy atom. The Kier molecular flexibility index (Phi) is 7.04. The number of piperazine rings is 1. The maximum absolute atomic E-state index is 12.5. The lowest BCUT2D eigenvalue weighted by Gasteiger charge is -2.36. The number of hydrogen-bond acceptors (Lipinski definition) is 8. The van der Waals surface area contributed by atoms with E-state index in [4.69, 9.17) is 19.6 Å². The molecule has 2 aliphatic heterocycles. The molecule has 0 spiro atoms. The van der Waals surface area contributed by atoms with Gasteiger partial charge in [-0.25, -0.2) is 19.4 Å². The van der Waals surface area contributed by atoms with Crippen molar-refractivity contribution in [1.82, 2.24) is 29.6 Å². The molecule has 1 atom stereocenters. The van der Waals surface area contributed by atoms with Gasteiger partial charge in [-0.1, -0.05) is 6.07 Å². The quantitative estimate of drug-likeness (QED) is 0.354. The van der Waals surface area contributed by atoms with Gasteiger partial charge < -0.3 is 19.3 Å². The summed E-state index contributed by atoms with van der Waals surface area (Å²) < 4.78 is 13.6. The summed E-state index contributed by atoms with van der Waals surface area (Å²) in [5, 5.41) is 6.83. The molecule has 2 fully saturated rings. The molecule has 0 aliphatic carbocycles. The van der Waals surface area contributed by atoms with E-state index in [1.54, 1.807) is 11.2 Å². The lowest BCUT2D eigenvalue weighted by atomic mass is 9.98. The smallest absolute Gasteiger partial charge is 0.410 e. The molecule has 2 aliphatic rings. The molecule has 1 amide bonds. The van der Waals surface area contributed by atoms with Crippen LogP contribution in [0.2, 0.25) is 0 Å². The number of ether oxygens (including phenoxy) is 2. The molecule has 4 aromatic rings. The zero-order valence-corrected chi connectivity index (χ0v) is 23.8. The number of carbonyl (C=O) groups excluding carboxylic acids is 1. The monoisotopic (exact) mass is 543 g/mol. The van der Waals surface area contributed by atoms with E-state index in [-0.39, 0.29) is 12.3 Å². The van der Waals surface area contributed by atoms with Crippen molar-refractivity contribution < 1.29 is 14.3 Å². The minimum absolute atomic E-state index is 0.0106. The first-order valence-corrected chi connectivity index (χ1v) is 14.2. The van der Waals surface area contributed by atoms with Crippen LogP contribution < -0.4 is 4.90 Å². The van der Waals surface area contributed by atoms with Crippen molar-refractivity contribution in [3.63, 3.8) is 0 Å². The molecule has 0 bridgehead atoms. The number of rotatable bonds is 4. The first-order valence-electron chi connectivity index (χ1n) is 14.2. The number of aromatic nitrogens is 5. The summed E-state index contributed by atoms with van der Waals surface area (Å²) >= 11 is 0. The molecule has 3 aromatic heterocycles. The fraction of sp³-hybridized carbons (Fsp3) is 0.500. The molecule has 10 heteroatoms. The molecule has 6 rings (SSSR count). The van der Waals surface area contributed by atoms with E-state index < -0.39 is 5.60 Å². The van der Waals surface area contributed by atoms with Crippen LogP contribution in [0.15, 0.2) is 36.9 Å². The summed E-state index contributed by atoms with van der Waals surface area (Å²) in [4.78, 5) is 30.6. The third-order valence-electron chi connectivity index (χ3n) is 7.74. The predicted octanol–water partition coefficient (Wildman–Crippen LogP) is 5.03. The van der Waals surface area contributed by atoms with Gasteiger partial charge in [0.05, 0.1) is 22.9 Å². The van der Waals surface area contributed by atoms with Crippen LogP contribution in [-0.4, -0.2) is 74.1 Å². The van der Waals surface area contributed by atoms with Crippen LogP contribution >= 0.6 is 0 Å². The van der Waals surface area contributed by atoms with Gasteiger partial charge in [-0.05, 0) is 70.2 Å². The molecule has 10 nitrogen and oxygen atoms in total. The molecular weight excluding hydrogens is 506 g/mol. The van der Waals surface area contributed by atoms with Gasteiger partial charge in [0.1, 0.15) is 17.7 Å². The molecule has 0 N–H and O–H groups in total. The normalized spacial score (nSPS) is 18.4. The SMILES string of the molecule is Cc1ccc2c(cnn2C2CCCCO2)c1Cc1nccc2c(N3CCN(C(=O)OC(C)(C)C)CC3)ncnc12. The Balaban J connectivity index is 1.27. The average Bonchev–Trinajstić information content (AvgIpc) is 3.38. The van der Waals surface area contributed by atoms with Gasteiger partial charge in [-0.15, -0.1) is 0 Å². The number of carbonyl (C=O) groups is 1. The minimum Gasteiger partial charge on any atom is -0.444 e. The van der Waals surface area contributed by atoms with Crippen molar-refractivity contribution >= 4 is 33.7 Å². The van der Waals surface area contributed by atoms with E-state index in [2.05, 4.69) is 33.9 Å². The average molecular weight is 544 g/mol. The third kappa shape index (κ3) is 5.20. The van der Waals surface area contributed by atoms with Crippen molar-refractivity contribution in [3.05, 3.63) is 53.7 Å². The van der Waals surface area contributed by atoms with Gasteiger partial charge >= 0.3 is 6.09 Å². The Labute approximate surface area is 234 Å². The number of amides is 1. The maximum atomic E-state index is 12.5. The minimum atomic E-state index is -0.508. The van der Waals surface area contributed by atoms with Crippen LogP contribution in [0.5, 0.6) is 0 Å².